The Labute approximate surface area is 579 Å². The van der Waals surface area contributed by atoms with Crippen LogP contribution < -0.4 is 11.1 Å². The van der Waals surface area contributed by atoms with Crippen LogP contribution in [0, 0.1) is 12.8 Å². The fraction of sp³-hybridized carbons (Fsp3) is 0.721. The Hall–Kier alpha value is -7.64. The zero-order valence-corrected chi connectivity index (χ0v) is 59.8. The molecule has 6 amide bonds. The van der Waals surface area contributed by atoms with Crippen LogP contribution in [0.15, 0.2) is 18.2 Å². The van der Waals surface area contributed by atoms with Gasteiger partial charge in [-0.15, -0.1) is 0 Å². The number of pyridine rings is 1. The highest BCUT2D eigenvalue weighted by atomic mass is 19.4. The van der Waals surface area contributed by atoms with Gasteiger partial charge in [-0.05, 0) is 171 Å². The van der Waals surface area contributed by atoms with Gasteiger partial charge in [-0.1, -0.05) is 0 Å². The predicted octanol–water partition coefficient (Wildman–Crippen LogP) is 13.8. The Morgan fingerprint density at radius 2 is 0.960 bits per heavy atom. The Morgan fingerprint density at radius 1 is 0.564 bits per heavy atom. The number of hydrogen-bond acceptors (Lipinski definition) is 15. The number of primary amides is 1. The summed E-state index contributed by atoms with van der Waals surface area (Å²) in [6.07, 6.45) is -8.52. The van der Waals surface area contributed by atoms with Gasteiger partial charge in [0.25, 0.3) is 23.7 Å². The first kappa shape index (κ1) is 85.8. The number of amides is 6. The highest BCUT2D eigenvalue weighted by Crippen LogP contribution is 2.45. The molecule has 33 heteroatoms. The van der Waals surface area contributed by atoms with Crippen LogP contribution in [-0.2, 0) is 49.1 Å². The number of nitrogens with two attached hydrogens (primary N) is 1. The number of carbonyl (C=O) groups excluding carboxylic acids is 9. The Kier molecular flexibility index (Phi) is 28.2. The molecule has 2 aromatic rings. The lowest BCUT2D eigenvalue weighted by Gasteiger charge is -2.38. The second-order valence-corrected chi connectivity index (χ2v) is 30.2. The van der Waals surface area contributed by atoms with Crippen LogP contribution in [-0.4, -0.2) is 192 Å². The van der Waals surface area contributed by atoms with E-state index in [1.807, 2.05) is 0 Å². The number of nitrogens with zero attached hydrogens (tertiary/aromatic N) is 5. The fourth-order valence-electron chi connectivity index (χ4n) is 11.3. The minimum absolute atomic E-state index is 0.0185. The quantitative estimate of drug-likeness (QED) is 0.163. The molecule has 1 aromatic heterocycles. The van der Waals surface area contributed by atoms with E-state index in [2.05, 4.69) is 10.3 Å². The lowest BCUT2D eigenvalue weighted by atomic mass is 9.86. The number of likely N-dealkylation sites (tertiary alicyclic amines) is 4. The van der Waals surface area contributed by atoms with Crippen LogP contribution >= 0.6 is 0 Å². The molecule has 4 saturated heterocycles. The maximum atomic E-state index is 13.7. The zero-order valence-electron chi connectivity index (χ0n) is 59.8. The number of ether oxygens (including phenoxy) is 4. The number of Topliss-reactive ketones (excluding diaryl/α,β-unsaturated/α-hetero) is 3. The number of carboxylic acids is 1. The van der Waals surface area contributed by atoms with E-state index in [1.54, 1.807) is 96.1 Å². The first-order valence-electron chi connectivity index (χ1n) is 33.1. The third-order valence-corrected chi connectivity index (χ3v) is 16.3. The maximum absolute atomic E-state index is 13.7. The number of benzene rings is 1. The molecule has 570 valence electrons. The van der Waals surface area contributed by atoms with E-state index in [1.165, 1.54) is 24.8 Å². The molecule has 0 radical (unpaired) electrons. The number of ketones is 3. The van der Waals surface area contributed by atoms with Crippen molar-refractivity contribution in [2.45, 2.75) is 276 Å². The van der Waals surface area contributed by atoms with E-state index < -0.39 is 168 Å². The van der Waals surface area contributed by atoms with Gasteiger partial charge in [-0.3, -0.25) is 43.6 Å². The van der Waals surface area contributed by atoms with Crippen LogP contribution in [0.5, 0.6) is 0 Å². The molecule has 0 unspecified atom stereocenters. The molecule has 6 aliphatic rings. The molecule has 2 saturated carbocycles. The summed E-state index contributed by atoms with van der Waals surface area (Å²) in [5.41, 5.74) is 2.17. The van der Waals surface area contributed by atoms with E-state index in [0.29, 0.717) is 35.8 Å². The smallest absolute Gasteiger partial charge is 0.418 e. The Morgan fingerprint density at radius 3 is 1.35 bits per heavy atom. The topological polar surface area (TPSA) is 292 Å². The average Bonchev–Trinajstić information content (AvgIpc) is 1.75. The summed E-state index contributed by atoms with van der Waals surface area (Å²) in [5, 5.41) is 11.9. The van der Waals surface area contributed by atoms with Crippen molar-refractivity contribution in [1.82, 2.24) is 29.9 Å². The lowest BCUT2D eigenvalue weighted by molar-refractivity contribution is -0.152. The minimum Gasteiger partial charge on any atom is -0.480 e. The summed E-state index contributed by atoms with van der Waals surface area (Å²) in [4.78, 5) is 124. The molecule has 22 nitrogen and oxygen atoms in total. The third-order valence-electron chi connectivity index (χ3n) is 16.3. The van der Waals surface area contributed by atoms with E-state index in [9.17, 15) is 96.2 Å². The number of carboxylic acid groups (broad SMARTS) is 1. The van der Waals surface area contributed by atoms with Gasteiger partial charge in [0.05, 0.1) is 17.1 Å². The van der Waals surface area contributed by atoms with Gasteiger partial charge in [-0.25, -0.2) is 64.1 Å². The number of aromatic nitrogens is 1. The molecule has 5 atom stereocenters. The number of rotatable bonds is 8. The highest BCUT2D eigenvalue weighted by Gasteiger charge is 2.49. The molecule has 0 bridgehead atoms. The summed E-state index contributed by atoms with van der Waals surface area (Å²) < 4.78 is 168. The van der Waals surface area contributed by atoms with E-state index >= 15 is 0 Å². The van der Waals surface area contributed by atoms with Crippen molar-refractivity contribution in [2.75, 3.05) is 32.7 Å². The van der Waals surface area contributed by atoms with Gasteiger partial charge < -0.3 is 35.1 Å². The van der Waals surface area contributed by atoms with Gasteiger partial charge in [0, 0.05) is 102 Å². The molecule has 4 N–H and O–H groups in total. The molecule has 6 fully saturated rings. The van der Waals surface area contributed by atoms with Gasteiger partial charge in [0.15, 0.2) is 11.6 Å². The summed E-state index contributed by atoms with van der Waals surface area (Å²) in [5.74, 6) is -15.5. The molecule has 5 heterocycles. The van der Waals surface area contributed by atoms with Gasteiger partial charge >= 0.3 is 36.5 Å². The number of fused-ring (bicyclic) bond motifs is 1. The van der Waals surface area contributed by atoms with Crippen molar-refractivity contribution >= 4 is 70.4 Å². The van der Waals surface area contributed by atoms with Gasteiger partial charge in [0.1, 0.15) is 52.0 Å². The predicted molar refractivity (Wildman–Crippen MR) is 345 cm³/mol. The van der Waals surface area contributed by atoms with Crippen molar-refractivity contribution in [3.63, 3.8) is 0 Å². The molecule has 2 aliphatic carbocycles. The summed E-state index contributed by atoms with van der Waals surface area (Å²) in [6.45, 7) is 24.0. The van der Waals surface area contributed by atoms with Crippen molar-refractivity contribution in [2.24, 2.45) is 11.7 Å². The van der Waals surface area contributed by atoms with Crippen LogP contribution in [0.4, 0.5) is 67.5 Å². The standard InChI is InChI=1S/C22H23F5N2O.C12H19F2NO3.C12H19NO4.C11H18F2N2O3.C11H17F2NO4/c1-12-7-18(20(30)28-11-13-3-2-6-21(23,24)10-13)29-19-16(12)8-15(14-4-5-14)9-17(19)22(25,26)27;1-8(16)9-7-12(13,14)5-6-15(9)10(17)18-11(2,3)4;1-8(14)10-7-9(15)5-6-13(10)11(16)17-12(2,3)4;1-10(2,3)18-9(17)15-5-4-11(12,13)6-7(15)8(14)16;1-10(2,3)18-9(17)14-5-4-11(12,13)6-7(14)8(15)16/h7-9,13-14H,2-6,10-11H2,1H3,(H,28,30);9H,5-7H2,1-4H3;10H,5-7H2,1-4H3;7H,4-6H2,1-3H3,(H2,14,16);7H,4-6H2,1-3H3,(H,15,16)/t13-;9-;10-;2*7-/m00000/s1. The normalized spacial score (nSPS) is 22.6. The SMILES string of the molecule is CC(=O)[C@@H]1CC(=O)CCN1C(=O)OC(C)(C)C.CC(=O)[C@@H]1CC(F)(F)CCN1C(=O)OC(C)(C)C.CC(C)(C)OC(=O)N1CCC(F)(F)C[C@H]1C(=O)O.CC(C)(C)OC(=O)N1CCC(F)(F)C[C@H]1C(N)=O.Cc1cc(C(=O)NC[C@H]2CCCC(F)(F)C2)nc2c(C(F)(F)F)cc(C3CC3)cc12. The summed E-state index contributed by atoms with van der Waals surface area (Å²) in [7, 11) is 0. The van der Waals surface area contributed by atoms with Crippen molar-refractivity contribution in [3.8, 4) is 0 Å². The second kappa shape index (κ2) is 33.2. The van der Waals surface area contributed by atoms with Gasteiger partial charge in [0.2, 0.25) is 11.8 Å². The zero-order chi connectivity index (χ0) is 77.3. The molecule has 0 spiro atoms. The average molecular weight is 1460 g/mol. The van der Waals surface area contributed by atoms with Crippen molar-refractivity contribution in [3.05, 3.63) is 40.6 Å². The van der Waals surface area contributed by atoms with Crippen molar-refractivity contribution < 1.29 is 120 Å². The fourth-order valence-corrected chi connectivity index (χ4v) is 11.3. The molecule has 1 aromatic carbocycles. The van der Waals surface area contributed by atoms with E-state index in [4.69, 9.17) is 29.8 Å². The molecule has 8 rings (SSSR count). The number of nitrogens with one attached hydrogen (secondary N) is 1. The Bertz CT molecular complexity index is 3180. The lowest BCUT2D eigenvalue weighted by Crippen LogP contribution is -2.56. The van der Waals surface area contributed by atoms with E-state index in [-0.39, 0.29) is 86.6 Å². The molecule has 4 aliphatic heterocycles. The molecular formula is C68H96F11N7O15. The first-order chi connectivity index (χ1) is 45.8. The number of piperidine rings is 4. The highest BCUT2D eigenvalue weighted by molar-refractivity contribution is 5.97. The Balaban J connectivity index is 0.000000274. The largest absolute Gasteiger partial charge is 0.480 e. The third kappa shape index (κ3) is 27.9. The number of aryl methyl sites for hydroxylation is 1. The molecule has 101 heavy (non-hydrogen) atoms. The van der Waals surface area contributed by atoms with Crippen molar-refractivity contribution in [1.29, 1.82) is 0 Å². The first-order valence-corrected chi connectivity index (χ1v) is 33.1. The second-order valence-electron chi connectivity index (χ2n) is 30.2. The van der Waals surface area contributed by atoms with E-state index in [0.717, 1.165) is 33.6 Å². The van der Waals surface area contributed by atoms with Crippen LogP contribution in [0.3, 0.4) is 0 Å². The number of carbonyl (C=O) groups is 10. The summed E-state index contributed by atoms with van der Waals surface area (Å²) >= 11 is 0. The maximum Gasteiger partial charge on any atom is 0.418 e. The van der Waals surface area contributed by atoms with Crippen LogP contribution in [0.2, 0.25) is 0 Å². The summed E-state index contributed by atoms with van der Waals surface area (Å²) in [6, 6.07) is -0.277. The monoisotopic (exact) mass is 1460 g/mol. The molecular weight excluding hydrogens is 1360 g/mol. The van der Waals surface area contributed by atoms with Crippen LogP contribution in [0.1, 0.15) is 220 Å². The van der Waals surface area contributed by atoms with Crippen LogP contribution in [0.25, 0.3) is 10.9 Å². The van der Waals surface area contributed by atoms with Gasteiger partial charge in [-0.2, -0.15) is 13.2 Å². The minimum atomic E-state index is -4.59. The number of aliphatic carboxylic acids is 1. The number of alkyl halides is 11. The number of halogens is 11. The number of hydrogen-bond donors (Lipinski definition) is 3.